The van der Waals surface area contributed by atoms with Gasteiger partial charge in [0.1, 0.15) is 0 Å². The lowest BCUT2D eigenvalue weighted by Gasteiger charge is -2.58. The van der Waals surface area contributed by atoms with Gasteiger partial charge in [-0.15, -0.1) is 0 Å². The number of ether oxygens (including phenoxy) is 1. The Balaban J connectivity index is 1.30. The van der Waals surface area contributed by atoms with E-state index in [0.29, 0.717) is 23.4 Å². The van der Waals surface area contributed by atoms with Gasteiger partial charge in [-0.1, -0.05) is 39.7 Å². The van der Waals surface area contributed by atoms with Gasteiger partial charge in [-0.3, -0.25) is 9.59 Å². The van der Waals surface area contributed by atoms with Crippen LogP contribution in [-0.2, 0) is 20.9 Å². The number of rotatable bonds is 5. The van der Waals surface area contributed by atoms with Gasteiger partial charge in [0.2, 0.25) is 0 Å². The lowest BCUT2D eigenvalue weighted by Crippen LogP contribution is -2.56. The molecule has 2 unspecified atom stereocenters. The Bertz CT molecular complexity index is 724. The van der Waals surface area contributed by atoms with Crippen LogP contribution in [0.15, 0.2) is 24.3 Å². The van der Waals surface area contributed by atoms with Crippen molar-refractivity contribution in [3.8, 4) is 0 Å². The van der Waals surface area contributed by atoms with Crippen LogP contribution in [0, 0.1) is 17.3 Å². The molecule has 4 saturated carbocycles. The van der Waals surface area contributed by atoms with E-state index in [1.165, 1.54) is 19.3 Å². The second-order valence-electron chi connectivity index (χ2n) is 8.38. The summed E-state index contributed by atoms with van der Waals surface area (Å²) in [5.74, 6) is 0.754. The number of halogens is 2. The summed E-state index contributed by atoms with van der Waals surface area (Å²) in [4.78, 5) is 24.9. The third-order valence-corrected chi connectivity index (χ3v) is 7.30. The Hall–Kier alpha value is -1.07. The van der Waals surface area contributed by atoms with E-state index in [2.05, 4.69) is 21.2 Å². The van der Waals surface area contributed by atoms with Crippen molar-refractivity contribution in [2.45, 2.75) is 49.4 Å². The fourth-order valence-corrected chi connectivity index (χ4v) is 7.24. The zero-order valence-corrected chi connectivity index (χ0v) is 16.9. The molecule has 2 atom stereocenters. The number of carbonyl (C=O) groups is 2. The molecule has 0 radical (unpaired) electrons. The summed E-state index contributed by atoms with van der Waals surface area (Å²) in [6, 6.07) is 7.32. The predicted octanol–water partition coefficient (Wildman–Crippen LogP) is 4.23. The topological polar surface area (TPSA) is 55.4 Å². The average Bonchev–Trinajstić information content (AvgIpc) is 2.55. The van der Waals surface area contributed by atoms with Gasteiger partial charge < -0.3 is 10.1 Å². The zero-order valence-electron chi connectivity index (χ0n) is 14.6. The molecule has 1 amide bonds. The summed E-state index contributed by atoms with van der Waals surface area (Å²) in [6.45, 7) is 0.155. The maximum Gasteiger partial charge on any atom is 0.312 e. The van der Waals surface area contributed by atoms with Gasteiger partial charge in [0.05, 0.1) is 5.41 Å². The van der Waals surface area contributed by atoms with Crippen molar-refractivity contribution in [1.29, 1.82) is 0 Å². The summed E-state index contributed by atoms with van der Waals surface area (Å²) in [6.07, 6.45) is 6.25. The molecule has 1 aromatic carbocycles. The molecule has 4 aliphatic rings. The Kier molecular flexibility index (Phi) is 4.81. The fourth-order valence-electron chi connectivity index (χ4n) is 5.57. The number of hydrogen-bond acceptors (Lipinski definition) is 3. The first-order chi connectivity index (χ1) is 12.4. The lowest BCUT2D eigenvalue weighted by molar-refractivity contribution is -0.171. The van der Waals surface area contributed by atoms with Crippen LogP contribution >= 0.6 is 27.5 Å². The van der Waals surface area contributed by atoms with E-state index in [1.54, 1.807) is 12.1 Å². The summed E-state index contributed by atoms with van der Waals surface area (Å²) < 4.78 is 5.55. The smallest absolute Gasteiger partial charge is 0.312 e. The number of hydrogen-bond donors (Lipinski definition) is 1. The zero-order chi connectivity index (χ0) is 18.4. The maximum atomic E-state index is 12.8. The third kappa shape index (κ3) is 3.65. The molecule has 4 bridgehead atoms. The van der Waals surface area contributed by atoms with Crippen molar-refractivity contribution in [3.05, 3.63) is 34.9 Å². The first kappa shape index (κ1) is 18.3. The highest BCUT2D eigenvalue weighted by molar-refractivity contribution is 9.10. The fraction of sp³-hybridized carbons (Fsp3) is 0.600. The highest BCUT2D eigenvalue weighted by Crippen LogP contribution is 2.64. The summed E-state index contributed by atoms with van der Waals surface area (Å²) >= 11 is 9.84. The van der Waals surface area contributed by atoms with Crippen molar-refractivity contribution >= 4 is 39.4 Å². The molecule has 0 aliphatic heterocycles. The maximum absolute atomic E-state index is 12.8. The monoisotopic (exact) mass is 439 g/mol. The van der Waals surface area contributed by atoms with Crippen LogP contribution in [0.2, 0.25) is 5.02 Å². The van der Waals surface area contributed by atoms with Gasteiger partial charge in [-0.2, -0.15) is 0 Å². The molecule has 0 spiro atoms. The Labute approximate surface area is 167 Å². The van der Waals surface area contributed by atoms with Crippen LogP contribution in [0.4, 0.5) is 0 Å². The Morgan fingerprint density at radius 2 is 1.96 bits per heavy atom. The van der Waals surface area contributed by atoms with E-state index >= 15 is 0 Å². The highest BCUT2D eigenvalue weighted by atomic mass is 79.9. The van der Waals surface area contributed by atoms with Crippen molar-refractivity contribution in [1.82, 2.24) is 5.32 Å². The summed E-state index contributed by atoms with van der Waals surface area (Å²) in [7, 11) is 0. The molecule has 140 valence electrons. The highest BCUT2D eigenvalue weighted by Gasteiger charge is 2.60. The largest absolute Gasteiger partial charge is 0.455 e. The molecule has 0 saturated heterocycles. The number of amides is 1. The van der Waals surface area contributed by atoms with E-state index in [0.717, 1.165) is 24.8 Å². The molecule has 6 heteroatoms. The second-order valence-corrected chi connectivity index (χ2v) is 10.5. The number of alkyl halides is 1. The number of carbonyl (C=O) groups excluding carboxylic acids is 2. The van der Waals surface area contributed by atoms with E-state index < -0.39 is 0 Å². The molecule has 1 N–H and O–H groups in total. The first-order valence-corrected chi connectivity index (χ1v) is 10.4. The van der Waals surface area contributed by atoms with E-state index in [1.807, 2.05) is 12.1 Å². The average molecular weight is 441 g/mol. The Morgan fingerprint density at radius 3 is 2.62 bits per heavy atom. The minimum Gasteiger partial charge on any atom is -0.455 e. The molecule has 4 nitrogen and oxygen atoms in total. The van der Waals surface area contributed by atoms with Crippen molar-refractivity contribution in [3.63, 3.8) is 0 Å². The van der Waals surface area contributed by atoms with Gasteiger partial charge in [-0.05, 0) is 68.1 Å². The molecule has 0 heterocycles. The quantitative estimate of drug-likeness (QED) is 0.550. The molecule has 1 aromatic rings. The molecule has 26 heavy (non-hydrogen) atoms. The van der Waals surface area contributed by atoms with Gasteiger partial charge >= 0.3 is 5.97 Å². The van der Waals surface area contributed by atoms with Gasteiger partial charge in [0, 0.05) is 15.9 Å². The molecular weight excluding hydrogens is 418 g/mol. The van der Waals surface area contributed by atoms with Crippen LogP contribution in [0.3, 0.4) is 0 Å². The van der Waals surface area contributed by atoms with Crippen LogP contribution in [0.5, 0.6) is 0 Å². The number of nitrogens with one attached hydrogen (secondary N) is 1. The molecule has 4 aliphatic carbocycles. The van der Waals surface area contributed by atoms with Crippen molar-refractivity contribution in [2.24, 2.45) is 17.3 Å². The number of benzene rings is 1. The van der Waals surface area contributed by atoms with Gasteiger partial charge in [0.15, 0.2) is 6.61 Å². The van der Waals surface area contributed by atoms with Crippen LogP contribution < -0.4 is 5.32 Å². The van der Waals surface area contributed by atoms with Crippen LogP contribution in [0.25, 0.3) is 0 Å². The summed E-state index contributed by atoms with van der Waals surface area (Å²) in [5, 5.41) is 3.41. The van der Waals surface area contributed by atoms with Gasteiger partial charge in [0.25, 0.3) is 5.91 Å². The minimum absolute atomic E-state index is 0.102. The molecule has 0 aromatic heterocycles. The normalized spacial score (nSPS) is 34.5. The molecule has 4 fully saturated rings. The van der Waals surface area contributed by atoms with Crippen LogP contribution in [0.1, 0.15) is 44.1 Å². The van der Waals surface area contributed by atoms with E-state index in [9.17, 15) is 9.59 Å². The molecular formula is C20H23BrClNO3. The van der Waals surface area contributed by atoms with Crippen molar-refractivity contribution < 1.29 is 14.3 Å². The summed E-state index contributed by atoms with van der Waals surface area (Å²) in [5.41, 5.74) is 0.528. The predicted molar refractivity (Wildman–Crippen MR) is 103 cm³/mol. The van der Waals surface area contributed by atoms with Crippen molar-refractivity contribution in [2.75, 3.05) is 6.61 Å². The van der Waals surface area contributed by atoms with Crippen LogP contribution in [-0.4, -0.2) is 22.8 Å². The lowest BCUT2D eigenvalue weighted by atomic mass is 9.49. The second kappa shape index (κ2) is 6.83. The first-order valence-electron chi connectivity index (χ1n) is 9.23. The van der Waals surface area contributed by atoms with E-state index in [-0.39, 0.29) is 28.2 Å². The standard InChI is InChI=1S/C20H23BrClNO3/c21-20-8-14-4-15(9-20)7-19(6-14,12-20)18(25)26-11-17(24)23-10-13-2-1-3-16(22)5-13/h1-3,5,14-15H,4,6-12H2,(H,23,24). The third-order valence-electron chi connectivity index (χ3n) is 6.14. The molecule has 5 rings (SSSR count). The van der Waals surface area contributed by atoms with Gasteiger partial charge in [-0.25, -0.2) is 0 Å². The van der Waals surface area contributed by atoms with E-state index in [4.69, 9.17) is 16.3 Å². The SMILES string of the molecule is O=C(COC(=O)C12CC3CC(CC(Br)(C3)C1)C2)NCc1cccc(Cl)c1. The number of esters is 1. The minimum atomic E-state index is -0.388. The Morgan fingerprint density at radius 1 is 1.23 bits per heavy atom.